The van der Waals surface area contributed by atoms with Crippen molar-refractivity contribution < 1.29 is 19.7 Å². The third-order valence-electron chi connectivity index (χ3n) is 2.89. The van der Waals surface area contributed by atoms with Gasteiger partial charge in [-0.3, -0.25) is 4.79 Å². The smallest absolute Gasteiger partial charge is 0.258 e. The number of nitrogens with zero attached hydrogens (tertiary/aromatic N) is 1. The van der Waals surface area contributed by atoms with Crippen molar-refractivity contribution in [3.05, 3.63) is 28.8 Å². The molecule has 18 heavy (non-hydrogen) atoms. The lowest BCUT2D eigenvalue weighted by molar-refractivity contribution is -0.0185. The molecular formula is C12H14ClNO4. The number of carbonyl (C=O) groups excluding carboxylic acids is 1. The molecule has 0 radical (unpaired) electrons. The van der Waals surface area contributed by atoms with Gasteiger partial charge in [-0.25, -0.2) is 0 Å². The van der Waals surface area contributed by atoms with Crippen molar-refractivity contribution in [2.24, 2.45) is 0 Å². The lowest BCUT2D eigenvalue weighted by atomic mass is 10.1. The first kappa shape index (κ1) is 13.1. The number of aliphatic hydroxyl groups is 1. The number of rotatable bonds is 2. The van der Waals surface area contributed by atoms with Crippen LogP contribution in [0.4, 0.5) is 0 Å². The van der Waals surface area contributed by atoms with Crippen LogP contribution in [-0.4, -0.2) is 53.4 Å². The van der Waals surface area contributed by atoms with E-state index in [0.717, 1.165) is 0 Å². The van der Waals surface area contributed by atoms with Crippen molar-refractivity contribution >= 4 is 17.5 Å². The third-order valence-corrected chi connectivity index (χ3v) is 3.12. The van der Waals surface area contributed by atoms with Crippen molar-refractivity contribution in [1.82, 2.24) is 4.90 Å². The molecule has 1 heterocycles. The maximum absolute atomic E-state index is 12.3. The number of morpholine rings is 1. The monoisotopic (exact) mass is 271 g/mol. The Labute approximate surface area is 110 Å². The van der Waals surface area contributed by atoms with Crippen molar-refractivity contribution in [2.45, 2.75) is 6.04 Å². The van der Waals surface area contributed by atoms with E-state index in [2.05, 4.69) is 0 Å². The Kier molecular flexibility index (Phi) is 4.06. The number of aromatic hydroxyl groups is 1. The van der Waals surface area contributed by atoms with Gasteiger partial charge in [-0.2, -0.15) is 0 Å². The quantitative estimate of drug-likeness (QED) is 0.838. The second kappa shape index (κ2) is 5.56. The standard InChI is InChI=1S/C12H14ClNO4/c13-8-1-2-11(16)10(5-8)12(17)14-3-4-18-7-9(14)6-15/h1-2,5,9,15-16H,3-4,6-7H2. The van der Waals surface area contributed by atoms with Crippen LogP contribution in [0.2, 0.25) is 5.02 Å². The van der Waals surface area contributed by atoms with E-state index in [1.165, 1.54) is 23.1 Å². The molecule has 1 amide bonds. The van der Waals surface area contributed by atoms with Crippen LogP contribution in [0.15, 0.2) is 18.2 Å². The molecule has 2 rings (SSSR count). The molecule has 98 valence electrons. The van der Waals surface area contributed by atoms with Gasteiger partial charge in [0.15, 0.2) is 0 Å². The first-order chi connectivity index (χ1) is 8.63. The molecule has 5 nitrogen and oxygen atoms in total. The number of ether oxygens (including phenoxy) is 1. The number of phenols is 1. The average Bonchev–Trinajstić information content (AvgIpc) is 2.40. The molecule has 0 spiro atoms. The third kappa shape index (κ3) is 2.58. The minimum absolute atomic E-state index is 0.118. The zero-order valence-electron chi connectivity index (χ0n) is 9.67. The zero-order valence-corrected chi connectivity index (χ0v) is 10.4. The van der Waals surface area contributed by atoms with E-state index in [1.54, 1.807) is 0 Å². The number of benzene rings is 1. The normalized spacial score (nSPS) is 19.9. The molecule has 6 heteroatoms. The molecule has 1 aliphatic rings. The maximum atomic E-state index is 12.3. The molecular weight excluding hydrogens is 258 g/mol. The Morgan fingerprint density at radius 2 is 2.33 bits per heavy atom. The van der Waals surface area contributed by atoms with Gasteiger partial charge in [-0.1, -0.05) is 11.6 Å². The fourth-order valence-electron chi connectivity index (χ4n) is 1.91. The van der Waals surface area contributed by atoms with Crippen LogP contribution in [0.25, 0.3) is 0 Å². The molecule has 0 aromatic heterocycles. The van der Waals surface area contributed by atoms with Gasteiger partial charge in [0.25, 0.3) is 5.91 Å². The van der Waals surface area contributed by atoms with Gasteiger partial charge in [0, 0.05) is 11.6 Å². The highest BCUT2D eigenvalue weighted by Gasteiger charge is 2.28. The number of hydrogen-bond acceptors (Lipinski definition) is 4. The minimum Gasteiger partial charge on any atom is -0.507 e. The number of halogens is 1. The Bertz CT molecular complexity index is 452. The number of phenolic OH excluding ortho intramolecular Hbond substituents is 1. The summed E-state index contributed by atoms with van der Waals surface area (Å²) in [5.74, 6) is -0.468. The molecule has 1 aliphatic heterocycles. The van der Waals surface area contributed by atoms with E-state index in [-0.39, 0.29) is 29.9 Å². The van der Waals surface area contributed by atoms with E-state index < -0.39 is 0 Å². The van der Waals surface area contributed by atoms with Crippen molar-refractivity contribution in [3.63, 3.8) is 0 Å². The second-order valence-corrected chi connectivity index (χ2v) is 4.51. The lowest BCUT2D eigenvalue weighted by Crippen LogP contribution is -2.50. The van der Waals surface area contributed by atoms with E-state index in [1.807, 2.05) is 0 Å². The van der Waals surface area contributed by atoms with Crippen LogP contribution >= 0.6 is 11.6 Å². The first-order valence-electron chi connectivity index (χ1n) is 5.61. The fourth-order valence-corrected chi connectivity index (χ4v) is 2.08. The van der Waals surface area contributed by atoms with Gasteiger partial charge in [0.1, 0.15) is 5.75 Å². The largest absolute Gasteiger partial charge is 0.507 e. The summed E-state index contributed by atoms with van der Waals surface area (Å²) in [7, 11) is 0. The SMILES string of the molecule is O=C(c1cc(Cl)ccc1O)N1CCOCC1CO. The second-order valence-electron chi connectivity index (χ2n) is 4.07. The summed E-state index contributed by atoms with van der Waals surface area (Å²) in [5.41, 5.74) is 0.142. The number of carbonyl (C=O) groups is 1. The van der Waals surface area contributed by atoms with Crippen LogP contribution in [0.3, 0.4) is 0 Å². The molecule has 0 aliphatic carbocycles. The molecule has 1 fully saturated rings. The van der Waals surface area contributed by atoms with Gasteiger partial charge in [0.2, 0.25) is 0 Å². The van der Waals surface area contributed by atoms with Gasteiger partial charge in [-0.15, -0.1) is 0 Å². The van der Waals surface area contributed by atoms with E-state index in [4.69, 9.17) is 16.3 Å². The first-order valence-corrected chi connectivity index (χ1v) is 5.99. The van der Waals surface area contributed by atoms with Crippen molar-refractivity contribution in [1.29, 1.82) is 0 Å². The van der Waals surface area contributed by atoms with E-state index >= 15 is 0 Å². The van der Waals surface area contributed by atoms with E-state index in [9.17, 15) is 15.0 Å². The fraction of sp³-hybridized carbons (Fsp3) is 0.417. The Morgan fingerprint density at radius 3 is 3.06 bits per heavy atom. The van der Waals surface area contributed by atoms with Crippen LogP contribution in [0.1, 0.15) is 10.4 Å². The van der Waals surface area contributed by atoms with Crippen LogP contribution < -0.4 is 0 Å². The van der Waals surface area contributed by atoms with E-state index in [0.29, 0.717) is 24.8 Å². The molecule has 1 saturated heterocycles. The molecule has 1 aromatic carbocycles. The molecule has 1 atom stereocenters. The van der Waals surface area contributed by atoms with Gasteiger partial charge in [0.05, 0.1) is 31.4 Å². The summed E-state index contributed by atoms with van der Waals surface area (Å²) in [6.07, 6.45) is 0. The zero-order chi connectivity index (χ0) is 13.1. The topological polar surface area (TPSA) is 70.0 Å². The Morgan fingerprint density at radius 1 is 1.56 bits per heavy atom. The summed E-state index contributed by atoms with van der Waals surface area (Å²) >= 11 is 5.81. The Balaban J connectivity index is 2.26. The van der Waals surface area contributed by atoms with Crippen LogP contribution in [0.5, 0.6) is 5.75 Å². The summed E-state index contributed by atoms with van der Waals surface area (Å²) < 4.78 is 5.20. The number of amides is 1. The molecule has 0 bridgehead atoms. The summed E-state index contributed by atoms with van der Waals surface area (Å²) in [5, 5.41) is 19.3. The maximum Gasteiger partial charge on any atom is 0.258 e. The molecule has 2 N–H and O–H groups in total. The van der Waals surface area contributed by atoms with Gasteiger partial charge < -0.3 is 19.8 Å². The molecule has 1 aromatic rings. The number of aliphatic hydroxyl groups excluding tert-OH is 1. The van der Waals surface area contributed by atoms with Gasteiger partial charge >= 0.3 is 0 Å². The summed E-state index contributed by atoms with van der Waals surface area (Å²) in [6.45, 7) is 0.927. The minimum atomic E-state index is -0.385. The van der Waals surface area contributed by atoms with Gasteiger partial charge in [-0.05, 0) is 18.2 Å². The van der Waals surface area contributed by atoms with Crippen molar-refractivity contribution in [3.8, 4) is 5.75 Å². The predicted octanol–water partition coefficient (Wildman–Crippen LogP) is 0.879. The number of hydrogen-bond donors (Lipinski definition) is 2. The highest BCUT2D eigenvalue weighted by Crippen LogP contribution is 2.24. The molecule has 1 unspecified atom stereocenters. The highest BCUT2D eigenvalue weighted by atomic mass is 35.5. The van der Waals surface area contributed by atoms with Crippen LogP contribution in [0, 0.1) is 0 Å². The predicted molar refractivity (Wildman–Crippen MR) is 65.8 cm³/mol. The average molecular weight is 272 g/mol. The highest BCUT2D eigenvalue weighted by molar-refractivity contribution is 6.31. The molecule has 0 saturated carbocycles. The Hall–Kier alpha value is -1.30. The summed E-state index contributed by atoms with van der Waals surface area (Å²) in [4.78, 5) is 13.8. The lowest BCUT2D eigenvalue weighted by Gasteiger charge is -2.34. The van der Waals surface area contributed by atoms with Crippen LogP contribution in [-0.2, 0) is 4.74 Å². The summed E-state index contributed by atoms with van der Waals surface area (Å²) in [6, 6.07) is 3.92. The van der Waals surface area contributed by atoms with Crippen molar-refractivity contribution in [2.75, 3.05) is 26.4 Å².